The molecule has 0 bridgehead atoms. The Morgan fingerprint density at radius 2 is 2.10 bits per heavy atom. The maximum absolute atomic E-state index is 11.4. The molecule has 2 aromatic rings. The Morgan fingerprint density at radius 1 is 1.38 bits per heavy atom. The number of nitrogens with zero attached hydrogens (tertiary/aromatic N) is 2. The number of carboxylic acid groups (broad SMARTS) is 1. The van der Waals surface area contributed by atoms with Crippen LogP contribution in [0.4, 0.5) is 0 Å². The molecule has 2 N–H and O–H groups in total. The number of rotatable bonds is 7. The van der Waals surface area contributed by atoms with Crippen LogP contribution in [0.15, 0.2) is 42.7 Å². The van der Waals surface area contributed by atoms with Crippen molar-refractivity contribution >= 4 is 5.97 Å². The second kappa shape index (κ2) is 6.54. The van der Waals surface area contributed by atoms with Crippen molar-refractivity contribution in [1.82, 2.24) is 15.1 Å². The predicted octanol–water partition coefficient (Wildman–Crippen LogP) is 2.61. The monoisotopic (exact) mass is 287 g/mol. The lowest BCUT2D eigenvalue weighted by Gasteiger charge is -2.25. The number of hydrogen-bond donors (Lipinski definition) is 2. The summed E-state index contributed by atoms with van der Waals surface area (Å²) in [4.78, 5) is 11.4. The molecule has 112 valence electrons. The number of benzene rings is 1. The fourth-order valence-corrected chi connectivity index (χ4v) is 2.24. The zero-order chi connectivity index (χ0) is 15.3. The van der Waals surface area contributed by atoms with E-state index in [9.17, 15) is 9.90 Å². The SMILES string of the molecule is CCCC(C)(NCc1cnn(-c2ccccc2)c1)C(=O)O. The zero-order valence-corrected chi connectivity index (χ0v) is 12.4. The summed E-state index contributed by atoms with van der Waals surface area (Å²) < 4.78 is 1.79. The zero-order valence-electron chi connectivity index (χ0n) is 12.4. The molecule has 0 aliphatic heterocycles. The van der Waals surface area contributed by atoms with Gasteiger partial charge >= 0.3 is 5.97 Å². The van der Waals surface area contributed by atoms with Gasteiger partial charge in [0.15, 0.2) is 0 Å². The van der Waals surface area contributed by atoms with Crippen LogP contribution >= 0.6 is 0 Å². The van der Waals surface area contributed by atoms with E-state index < -0.39 is 11.5 Å². The van der Waals surface area contributed by atoms with Gasteiger partial charge < -0.3 is 5.11 Å². The van der Waals surface area contributed by atoms with Crippen LogP contribution in [0.1, 0.15) is 32.3 Å². The first-order valence-electron chi connectivity index (χ1n) is 7.12. The smallest absolute Gasteiger partial charge is 0.323 e. The molecule has 21 heavy (non-hydrogen) atoms. The van der Waals surface area contributed by atoms with Gasteiger partial charge in [-0.25, -0.2) is 4.68 Å². The molecule has 0 aliphatic carbocycles. The average Bonchev–Trinajstić information content (AvgIpc) is 2.95. The van der Waals surface area contributed by atoms with Crippen molar-refractivity contribution in [3.05, 3.63) is 48.3 Å². The minimum absolute atomic E-state index is 0.482. The van der Waals surface area contributed by atoms with Crippen LogP contribution in [0.2, 0.25) is 0 Å². The molecule has 0 saturated carbocycles. The number of carbonyl (C=O) groups is 1. The third-order valence-corrected chi connectivity index (χ3v) is 3.56. The normalized spacial score (nSPS) is 13.8. The molecule has 1 atom stereocenters. The Morgan fingerprint density at radius 3 is 2.71 bits per heavy atom. The molecule has 0 amide bonds. The number of para-hydroxylation sites is 1. The highest BCUT2D eigenvalue weighted by Crippen LogP contribution is 2.14. The van der Waals surface area contributed by atoms with Crippen molar-refractivity contribution in [3.8, 4) is 5.69 Å². The van der Waals surface area contributed by atoms with Crippen molar-refractivity contribution < 1.29 is 9.90 Å². The lowest BCUT2D eigenvalue weighted by molar-refractivity contribution is -0.144. The van der Waals surface area contributed by atoms with Crippen molar-refractivity contribution in [2.75, 3.05) is 0 Å². The molecule has 0 fully saturated rings. The fourth-order valence-electron chi connectivity index (χ4n) is 2.24. The molecule has 5 heteroatoms. The topological polar surface area (TPSA) is 67.2 Å². The van der Waals surface area contributed by atoms with E-state index >= 15 is 0 Å². The summed E-state index contributed by atoms with van der Waals surface area (Å²) in [6, 6.07) is 9.82. The maximum atomic E-state index is 11.4. The summed E-state index contributed by atoms with van der Waals surface area (Å²) >= 11 is 0. The van der Waals surface area contributed by atoms with Gasteiger partial charge in [-0.2, -0.15) is 5.10 Å². The van der Waals surface area contributed by atoms with E-state index in [1.165, 1.54) is 0 Å². The quantitative estimate of drug-likeness (QED) is 0.821. The van der Waals surface area contributed by atoms with Crippen molar-refractivity contribution in [2.45, 2.75) is 38.8 Å². The largest absolute Gasteiger partial charge is 0.480 e. The molecule has 2 rings (SSSR count). The van der Waals surface area contributed by atoms with Crippen molar-refractivity contribution in [3.63, 3.8) is 0 Å². The summed E-state index contributed by atoms with van der Waals surface area (Å²) in [6.07, 6.45) is 5.08. The summed E-state index contributed by atoms with van der Waals surface area (Å²) in [5.41, 5.74) is 1.05. The molecule has 5 nitrogen and oxygen atoms in total. The van der Waals surface area contributed by atoms with Crippen LogP contribution in [0.3, 0.4) is 0 Å². The van der Waals surface area contributed by atoms with Crippen LogP contribution in [0.5, 0.6) is 0 Å². The van der Waals surface area contributed by atoms with Crippen LogP contribution in [-0.4, -0.2) is 26.4 Å². The summed E-state index contributed by atoms with van der Waals surface area (Å²) in [6.45, 7) is 4.19. The predicted molar refractivity (Wildman–Crippen MR) is 81.4 cm³/mol. The average molecular weight is 287 g/mol. The molecule has 1 unspecified atom stereocenters. The Balaban J connectivity index is 2.04. The highest BCUT2D eigenvalue weighted by Gasteiger charge is 2.31. The van der Waals surface area contributed by atoms with Crippen LogP contribution < -0.4 is 5.32 Å². The summed E-state index contributed by atoms with van der Waals surface area (Å²) in [5, 5.41) is 16.8. The minimum atomic E-state index is -0.899. The third-order valence-electron chi connectivity index (χ3n) is 3.56. The van der Waals surface area contributed by atoms with Crippen LogP contribution in [0, 0.1) is 0 Å². The Hall–Kier alpha value is -2.14. The highest BCUT2D eigenvalue weighted by molar-refractivity contribution is 5.78. The Labute approximate surface area is 124 Å². The number of nitrogens with one attached hydrogen (secondary N) is 1. The lowest BCUT2D eigenvalue weighted by Crippen LogP contribution is -2.48. The lowest BCUT2D eigenvalue weighted by atomic mass is 9.96. The number of aliphatic carboxylic acids is 1. The molecular weight excluding hydrogens is 266 g/mol. The van der Waals surface area contributed by atoms with Gasteiger partial charge in [0.2, 0.25) is 0 Å². The Bertz CT molecular complexity index is 595. The van der Waals surface area contributed by atoms with Crippen LogP contribution in [-0.2, 0) is 11.3 Å². The van der Waals surface area contributed by atoms with E-state index in [2.05, 4.69) is 10.4 Å². The highest BCUT2D eigenvalue weighted by atomic mass is 16.4. The van der Waals surface area contributed by atoms with Gasteiger partial charge in [-0.3, -0.25) is 10.1 Å². The van der Waals surface area contributed by atoms with Gasteiger partial charge in [0.05, 0.1) is 11.9 Å². The molecular formula is C16H21N3O2. The molecule has 0 saturated heterocycles. The van der Waals surface area contributed by atoms with Gasteiger partial charge in [-0.1, -0.05) is 31.5 Å². The van der Waals surface area contributed by atoms with Gasteiger partial charge in [0, 0.05) is 18.3 Å². The first kappa shape index (κ1) is 15.3. The summed E-state index contributed by atoms with van der Waals surface area (Å²) in [5.74, 6) is -0.820. The summed E-state index contributed by atoms with van der Waals surface area (Å²) in [7, 11) is 0. The van der Waals surface area contributed by atoms with E-state index in [0.717, 1.165) is 17.7 Å². The third kappa shape index (κ3) is 3.70. The first-order chi connectivity index (χ1) is 10.0. The number of aromatic nitrogens is 2. The van der Waals surface area contributed by atoms with Crippen LogP contribution in [0.25, 0.3) is 5.69 Å². The van der Waals surface area contributed by atoms with Gasteiger partial charge in [-0.15, -0.1) is 0 Å². The van der Waals surface area contributed by atoms with Gasteiger partial charge in [0.1, 0.15) is 5.54 Å². The van der Waals surface area contributed by atoms with E-state index in [0.29, 0.717) is 13.0 Å². The second-order valence-electron chi connectivity index (χ2n) is 5.37. The number of hydrogen-bond acceptors (Lipinski definition) is 3. The van der Waals surface area contributed by atoms with E-state index in [1.807, 2.05) is 43.5 Å². The number of carboxylic acids is 1. The molecule has 0 radical (unpaired) electrons. The molecule has 0 spiro atoms. The molecule has 0 aliphatic rings. The Kier molecular flexibility index (Phi) is 4.75. The molecule has 1 aromatic heterocycles. The van der Waals surface area contributed by atoms with Gasteiger partial charge in [-0.05, 0) is 25.5 Å². The van der Waals surface area contributed by atoms with Gasteiger partial charge in [0.25, 0.3) is 0 Å². The first-order valence-corrected chi connectivity index (χ1v) is 7.12. The fraction of sp³-hybridized carbons (Fsp3) is 0.375. The molecule has 1 aromatic carbocycles. The molecule has 1 heterocycles. The second-order valence-corrected chi connectivity index (χ2v) is 5.37. The van der Waals surface area contributed by atoms with Crippen molar-refractivity contribution in [2.24, 2.45) is 0 Å². The van der Waals surface area contributed by atoms with Crippen molar-refractivity contribution in [1.29, 1.82) is 0 Å². The maximum Gasteiger partial charge on any atom is 0.323 e. The van der Waals surface area contributed by atoms with E-state index in [4.69, 9.17) is 0 Å². The van der Waals surface area contributed by atoms with E-state index in [1.54, 1.807) is 17.8 Å². The standard InChI is InChI=1S/C16H21N3O2/c1-3-9-16(2,15(20)21)17-10-13-11-18-19(12-13)14-7-5-4-6-8-14/h4-8,11-12,17H,3,9-10H2,1-2H3,(H,20,21). The minimum Gasteiger partial charge on any atom is -0.480 e. The van der Waals surface area contributed by atoms with E-state index in [-0.39, 0.29) is 0 Å².